The van der Waals surface area contributed by atoms with Crippen molar-refractivity contribution in [1.29, 1.82) is 0 Å². The maximum atomic E-state index is 10.9. The van der Waals surface area contributed by atoms with Crippen molar-refractivity contribution in [3.8, 4) is 0 Å². The summed E-state index contributed by atoms with van der Waals surface area (Å²) >= 11 is 0. The highest BCUT2D eigenvalue weighted by Gasteiger charge is 2.13. The zero-order chi connectivity index (χ0) is 11.4. The third-order valence-electron chi connectivity index (χ3n) is 2.86. The molecule has 5 heteroatoms. The molecule has 0 aliphatic carbocycles. The molecule has 1 aromatic rings. The molecule has 16 heavy (non-hydrogen) atoms. The highest BCUT2D eigenvalue weighted by Crippen LogP contribution is 2.15. The van der Waals surface area contributed by atoms with Crippen LogP contribution in [0, 0.1) is 5.92 Å². The Kier molecular flexibility index (Phi) is 3.56. The van der Waals surface area contributed by atoms with Gasteiger partial charge in [-0.25, -0.2) is 0 Å². The Hall–Kier alpha value is -1.36. The third-order valence-corrected chi connectivity index (χ3v) is 2.86. The largest absolute Gasteiger partial charge is 0.324 e. The van der Waals surface area contributed by atoms with E-state index in [9.17, 15) is 4.79 Å². The van der Waals surface area contributed by atoms with Gasteiger partial charge in [-0.1, -0.05) is 0 Å². The zero-order valence-electron chi connectivity index (χ0n) is 9.57. The number of amides is 1. The van der Waals surface area contributed by atoms with E-state index in [0.717, 1.165) is 25.3 Å². The van der Waals surface area contributed by atoms with Crippen molar-refractivity contribution in [2.24, 2.45) is 5.92 Å². The van der Waals surface area contributed by atoms with Crippen LogP contribution in [-0.4, -0.2) is 28.8 Å². The third kappa shape index (κ3) is 3.06. The minimum atomic E-state index is -0.0542. The molecule has 0 bridgehead atoms. The Morgan fingerprint density at radius 2 is 2.38 bits per heavy atom. The summed E-state index contributed by atoms with van der Waals surface area (Å²) in [5.74, 6) is 0.646. The molecule has 0 radical (unpaired) electrons. The monoisotopic (exact) mass is 222 g/mol. The van der Waals surface area contributed by atoms with E-state index in [2.05, 4.69) is 15.7 Å². The molecule has 88 valence electrons. The number of hydrogen-bond acceptors (Lipinski definition) is 3. The predicted octanol–water partition coefficient (Wildman–Crippen LogP) is 0.841. The lowest BCUT2D eigenvalue weighted by molar-refractivity contribution is -0.114. The molecule has 0 saturated carbocycles. The lowest BCUT2D eigenvalue weighted by Gasteiger charge is -2.22. The van der Waals surface area contributed by atoms with E-state index >= 15 is 0 Å². The van der Waals surface area contributed by atoms with Crippen molar-refractivity contribution in [3.63, 3.8) is 0 Å². The normalized spacial score (nSPS) is 17.3. The molecule has 0 spiro atoms. The number of nitrogens with one attached hydrogen (secondary N) is 2. The molecule has 2 N–H and O–H groups in total. The highest BCUT2D eigenvalue weighted by molar-refractivity contribution is 5.88. The van der Waals surface area contributed by atoms with Crippen LogP contribution in [0.25, 0.3) is 0 Å². The van der Waals surface area contributed by atoms with E-state index in [1.54, 1.807) is 6.20 Å². The molecule has 0 atom stereocenters. The molecule has 0 unspecified atom stereocenters. The van der Waals surface area contributed by atoms with Crippen LogP contribution in [-0.2, 0) is 11.3 Å². The van der Waals surface area contributed by atoms with Gasteiger partial charge in [0.2, 0.25) is 5.91 Å². The second kappa shape index (κ2) is 5.12. The Morgan fingerprint density at radius 3 is 3.06 bits per heavy atom. The van der Waals surface area contributed by atoms with E-state index in [1.165, 1.54) is 19.8 Å². The SMILES string of the molecule is CC(=O)Nc1cnn(CC2CCNCC2)c1. The van der Waals surface area contributed by atoms with Gasteiger partial charge in [-0.15, -0.1) is 0 Å². The van der Waals surface area contributed by atoms with Gasteiger partial charge in [-0.3, -0.25) is 9.48 Å². The van der Waals surface area contributed by atoms with E-state index < -0.39 is 0 Å². The molecule has 1 saturated heterocycles. The molecule has 5 nitrogen and oxygen atoms in total. The first-order valence-electron chi connectivity index (χ1n) is 5.75. The fourth-order valence-corrected chi connectivity index (χ4v) is 2.06. The van der Waals surface area contributed by atoms with E-state index in [-0.39, 0.29) is 5.91 Å². The van der Waals surface area contributed by atoms with Crippen LogP contribution in [0.2, 0.25) is 0 Å². The maximum Gasteiger partial charge on any atom is 0.221 e. The standard InChI is InChI=1S/C11H18N4O/c1-9(16)14-11-6-13-15(8-11)7-10-2-4-12-5-3-10/h6,8,10,12H,2-5,7H2,1H3,(H,14,16). The van der Waals surface area contributed by atoms with Gasteiger partial charge in [0.05, 0.1) is 11.9 Å². The van der Waals surface area contributed by atoms with Crippen molar-refractivity contribution in [3.05, 3.63) is 12.4 Å². The number of hydrogen-bond donors (Lipinski definition) is 2. The lowest BCUT2D eigenvalue weighted by atomic mass is 9.98. The second-order valence-corrected chi connectivity index (χ2v) is 4.33. The number of carbonyl (C=O) groups excluding carboxylic acids is 1. The molecule has 1 aliphatic rings. The molecular formula is C11H18N4O. The first kappa shape index (κ1) is 11.1. The van der Waals surface area contributed by atoms with Crippen LogP contribution in [0.4, 0.5) is 5.69 Å². The van der Waals surface area contributed by atoms with Crippen molar-refractivity contribution in [2.75, 3.05) is 18.4 Å². The van der Waals surface area contributed by atoms with Gasteiger partial charge in [0.1, 0.15) is 0 Å². The van der Waals surface area contributed by atoms with Crippen LogP contribution in [0.5, 0.6) is 0 Å². The topological polar surface area (TPSA) is 59.0 Å². The summed E-state index contributed by atoms with van der Waals surface area (Å²) < 4.78 is 1.92. The number of nitrogens with zero attached hydrogens (tertiary/aromatic N) is 2. The van der Waals surface area contributed by atoms with Crippen molar-refractivity contribution < 1.29 is 4.79 Å². The summed E-state index contributed by atoms with van der Waals surface area (Å²) in [5, 5.41) is 10.3. The van der Waals surface area contributed by atoms with Crippen molar-refractivity contribution in [2.45, 2.75) is 26.3 Å². The van der Waals surface area contributed by atoms with E-state index in [1.807, 2.05) is 10.9 Å². The second-order valence-electron chi connectivity index (χ2n) is 4.33. The Labute approximate surface area is 95.2 Å². The average Bonchev–Trinajstić information content (AvgIpc) is 2.66. The van der Waals surface area contributed by atoms with Crippen molar-refractivity contribution in [1.82, 2.24) is 15.1 Å². The predicted molar refractivity (Wildman–Crippen MR) is 62.1 cm³/mol. The van der Waals surface area contributed by atoms with Crippen LogP contribution < -0.4 is 10.6 Å². The number of carbonyl (C=O) groups is 1. The van der Waals surface area contributed by atoms with Gasteiger partial charge >= 0.3 is 0 Å². The zero-order valence-corrected chi connectivity index (χ0v) is 9.57. The van der Waals surface area contributed by atoms with E-state index in [0.29, 0.717) is 5.92 Å². The molecule has 2 heterocycles. The average molecular weight is 222 g/mol. The van der Waals surface area contributed by atoms with Crippen LogP contribution in [0.1, 0.15) is 19.8 Å². The van der Waals surface area contributed by atoms with Crippen LogP contribution in [0.15, 0.2) is 12.4 Å². The van der Waals surface area contributed by atoms with Gasteiger partial charge in [-0.2, -0.15) is 5.10 Å². The van der Waals surface area contributed by atoms with E-state index in [4.69, 9.17) is 0 Å². The molecule has 1 aromatic heterocycles. The minimum absolute atomic E-state index is 0.0542. The first-order chi connectivity index (χ1) is 7.74. The molecule has 1 fully saturated rings. The Bertz CT molecular complexity index is 355. The van der Waals surface area contributed by atoms with Gasteiger partial charge in [0.15, 0.2) is 0 Å². The van der Waals surface area contributed by atoms with Crippen molar-refractivity contribution >= 4 is 11.6 Å². The highest BCUT2D eigenvalue weighted by atomic mass is 16.1. The van der Waals surface area contributed by atoms with Gasteiger partial charge in [-0.05, 0) is 31.8 Å². The van der Waals surface area contributed by atoms with Gasteiger partial charge < -0.3 is 10.6 Å². The number of anilines is 1. The smallest absolute Gasteiger partial charge is 0.221 e. The van der Waals surface area contributed by atoms with Crippen LogP contribution in [0.3, 0.4) is 0 Å². The summed E-state index contributed by atoms with van der Waals surface area (Å²) in [6.45, 7) is 4.65. The van der Waals surface area contributed by atoms with Gasteiger partial charge in [0, 0.05) is 19.7 Å². The molecule has 2 rings (SSSR count). The molecular weight excluding hydrogens is 204 g/mol. The number of piperidine rings is 1. The molecule has 1 amide bonds. The Balaban J connectivity index is 1.88. The molecule has 0 aromatic carbocycles. The van der Waals surface area contributed by atoms with Gasteiger partial charge in [0.25, 0.3) is 0 Å². The number of rotatable bonds is 3. The fraction of sp³-hybridized carbons (Fsp3) is 0.636. The summed E-state index contributed by atoms with van der Waals surface area (Å²) in [7, 11) is 0. The maximum absolute atomic E-state index is 10.9. The summed E-state index contributed by atoms with van der Waals surface area (Å²) in [5.41, 5.74) is 0.779. The summed E-state index contributed by atoms with van der Waals surface area (Å²) in [6, 6.07) is 0. The molecule has 1 aliphatic heterocycles. The quantitative estimate of drug-likeness (QED) is 0.796. The first-order valence-corrected chi connectivity index (χ1v) is 5.75. The fourth-order valence-electron chi connectivity index (χ4n) is 2.06. The summed E-state index contributed by atoms with van der Waals surface area (Å²) in [6.07, 6.45) is 6.00. The lowest BCUT2D eigenvalue weighted by Crippen LogP contribution is -2.29. The number of aromatic nitrogens is 2. The minimum Gasteiger partial charge on any atom is -0.324 e. The Morgan fingerprint density at radius 1 is 1.62 bits per heavy atom. The summed E-state index contributed by atoms with van der Waals surface area (Å²) in [4.78, 5) is 10.9. The van der Waals surface area contributed by atoms with Crippen LogP contribution >= 0.6 is 0 Å².